The Hall–Kier alpha value is -1.51. The lowest BCUT2D eigenvalue weighted by molar-refractivity contribution is 0.0730. The van der Waals surface area contributed by atoms with Crippen molar-refractivity contribution < 1.29 is 9.90 Å². The average Bonchev–Trinajstić information content (AvgIpc) is 2.80. The largest absolute Gasteiger partial charge is 0.507 e. The van der Waals surface area contributed by atoms with Gasteiger partial charge >= 0.3 is 0 Å². The van der Waals surface area contributed by atoms with Gasteiger partial charge in [-0.05, 0) is 37.8 Å². The quantitative estimate of drug-likeness (QED) is 0.853. The monoisotopic (exact) mass is 233 g/mol. The normalized spacial score (nSPS) is 19.6. The van der Waals surface area contributed by atoms with E-state index in [-0.39, 0.29) is 11.7 Å². The molecule has 17 heavy (non-hydrogen) atoms. The van der Waals surface area contributed by atoms with Crippen molar-refractivity contribution in [3.63, 3.8) is 0 Å². The number of likely N-dealkylation sites (tertiary alicyclic amines) is 1. The first-order valence-electron chi connectivity index (χ1n) is 6.24. The van der Waals surface area contributed by atoms with Crippen LogP contribution in [0.1, 0.15) is 42.1 Å². The summed E-state index contributed by atoms with van der Waals surface area (Å²) in [6, 6.07) is 5.67. The molecule has 2 rings (SSSR count). The van der Waals surface area contributed by atoms with Gasteiger partial charge in [0.25, 0.3) is 5.91 Å². The summed E-state index contributed by atoms with van der Waals surface area (Å²) in [5.74, 6) is 0.0924. The predicted octanol–water partition coefficient (Wildman–Crippen LogP) is 2.72. The first-order valence-corrected chi connectivity index (χ1v) is 6.24. The van der Waals surface area contributed by atoms with Gasteiger partial charge in [-0.3, -0.25) is 4.79 Å². The van der Waals surface area contributed by atoms with Crippen LogP contribution in [-0.4, -0.2) is 28.5 Å². The topological polar surface area (TPSA) is 40.5 Å². The summed E-state index contributed by atoms with van der Waals surface area (Å²) in [5.41, 5.74) is 1.19. The second-order valence-electron chi connectivity index (χ2n) is 4.67. The first kappa shape index (κ1) is 12.0. The van der Waals surface area contributed by atoms with Crippen LogP contribution in [0.25, 0.3) is 0 Å². The zero-order valence-electron chi connectivity index (χ0n) is 10.4. The fraction of sp³-hybridized carbons (Fsp3) is 0.500. The van der Waals surface area contributed by atoms with E-state index in [1.165, 1.54) is 0 Å². The SMILES string of the molecule is CCC1CCCN1C(=O)c1cccc(C)c1O. The molecule has 1 amide bonds. The van der Waals surface area contributed by atoms with E-state index in [2.05, 4.69) is 6.92 Å². The number of aromatic hydroxyl groups is 1. The van der Waals surface area contributed by atoms with Gasteiger partial charge in [0.05, 0.1) is 5.56 Å². The Bertz CT molecular complexity index is 428. The maximum atomic E-state index is 12.4. The molecule has 0 saturated carbocycles. The molecule has 1 saturated heterocycles. The molecule has 1 aromatic rings. The summed E-state index contributed by atoms with van der Waals surface area (Å²) in [6.45, 7) is 4.73. The average molecular weight is 233 g/mol. The van der Waals surface area contributed by atoms with Gasteiger partial charge in [-0.2, -0.15) is 0 Å². The molecule has 3 heteroatoms. The van der Waals surface area contributed by atoms with E-state index >= 15 is 0 Å². The van der Waals surface area contributed by atoms with Gasteiger partial charge in [0.15, 0.2) is 0 Å². The first-order chi connectivity index (χ1) is 8.15. The van der Waals surface area contributed by atoms with Crippen molar-refractivity contribution in [2.75, 3.05) is 6.54 Å². The van der Waals surface area contributed by atoms with E-state index in [1.54, 1.807) is 6.07 Å². The van der Waals surface area contributed by atoms with E-state index in [0.717, 1.165) is 31.4 Å². The molecule has 92 valence electrons. The van der Waals surface area contributed by atoms with Gasteiger partial charge in [-0.15, -0.1) is 0 Å². The number of aryl methyl sites for hydroxylation is 1. The number of rotatable bonds is 2. The van der Waals surface area contributed by atoms with Crippen molar-refractivity contribution in [3.05, 3.63) is 29.3 Å². The Morgan fingerprint density at radius 3 is 3.00 bits per heavy atom. The second-order valence-corrected chi connectivity index (χ2v) is 4.67. The summed E-state index contributed by atoms with van der Waals surface area (Å²) in [4.78, 5) is 14.3. The van der Waals surface area contributed by atoms with Gasteiger partial charge < -0.3 is 10.0 Å². The molecule has 1 N–H and O–H groups in total. The number of hydrogen-bond donors (Lipinski definition) is 1. The van der Waals surface area contributed by atoms with Gasteiger partial charge in [0, 0.05) is 12.6 Å². The Morgan fingerprint density at radius 2 is 2.29 bits per heavy atom. The Labute approximate surface area is 102 Å². The molecule has 0 spiro atoms. The molecule has 1 heterocycles. The number of carbonyl (C=O) groups excluding carboxylic acids is 1. The number of benzene rings is 1. The van der Waals surface area contributed by atoms with Crippen molar-refractivity contribution in [1.29, 1.82) is 0 Å². The van der Waals surface area contributed by atoms with Gasteiger partial charge in [0.1, 0.15) is 5.75 Å². The van der Waals surface area contributed by atoms with Crippen LogP contribution in [0.15, 0.2) is 18.2 Å². The molecule has 1 aliphatic rings. The molecule has 1 aliphatic heterocycles. The highest BCUT2D eigenvalue weighted by Gasteiger charge is 2.29. The molecule has 1 aromatic carbocycles. The second kappa shape index (κ2) is 4.78. The Balaban J connectivity index is 2.28. The van der Waals surface area contributed by atoms with E-state index in [9.17, 15) is 9.90 Å². The molecule has 0 bridgehead atoms. The Morgan fingerprint density at radius 1 is 1.53 bits per heavy atom. The number of nitrogens with zero attached hydrogens (tertiary/aromatic N) is 1. The van der Waals surface area contributed by atoms with Crippen molar-refractivity contribution in [2.24, 2.45) is 0 Å². The summed E-state index contributed by atoms with van der Waals surface area (Å²) >= 11 is 0. The molecule has 1 atom stereocenters. The van der Waals surface area contributed by atoms with Crippen LogP contribution in [0.3, 0.4) is 0 Å². The number of amides is 1. The van der Waals surface area contributed by atoms with Gasteiger partial charge in [-0.25, -0.2) is 0 Å². The zero-order valence-corrected chi connectivity index (χ0v) is 10.4. The molecule has 3 nitrogen and oxygen atoms in total. The lowest BCUT2D eigenvalue weighted by Gasteiger charge is -2.24. The molecular weight excluding hydrogens is 214 g/mol. The molecular formula is C14H19NO2. The Kier molecular flexibility index (Phi) is 3.36. The molecule has 1 unspecified atom stereocenters. The predicted molar refractivity (Wildman–Crippen MR) is 67.2 cm³/mol. The molecule has 0 radical (unpaired) electrons. The highest BCUT2D eigenvalue weighted by Crippen LogP contribution is 2.27. The van der Waals surface area contributed by atoms with Crippen LogP contribution < -0.4 is 0 Å². The minimum absolute atomic E-state index is 0.0319. The summed E-state index contributed by atoms with van der Waals surface area (Å²) in [5, 5.41) is 9.94. The number of carbonyl (C=O) groups is 1. The van der Waals surface area contributed by atoms with Crippen LogP contribution in [0.5, 0.6) is 5.75 Å². The highest BCUT2D eigenvalue weighted by atomic mass is 16.3. The van der Waals surface area contributed by atoms with Crippen LogP contribution in [-0.2, 0) is 0 Å². The maximum absolute atomic E-state index is 12.4. The minimum Gasteiger partial charge on any atom is -0.507 e. The van der Waals surface area contributed by atoms with E-state index in [0.29, 0.717) is 11.6 Å². The van der Waals surface area contributed by atoms with Crippen LogP contribution >= 0.6 is 0 Å². The smallest absolute Gasteiger partial charge is 0.257 e. The summed E-state index contributed by atoms with van der Waals surface area (Å²) in [6.07, 6.45) is 3.13. The highest BCUT2D eigenvalue weighted by molar-refractivity contribution is 5.97. The molecule has 1 fully saturated rings. The number of phenols is 1. The van der Waals surface area contributed by atoms with Crippen molar-refractivity contribution in [1.82, 2.24) is 4.90 Å². The molecule has 0 aromatic heterocycles. The third-order valence-corrected chi connectivity index (χ3v) is 3.58. The van der Waals surface area contributed by atoms with E-state index in [1.807, 2.05) is 24.0 Å². The van der Waals surface area contributed by atoms with E-state index in [4.69, 9.17) is 0 Å². The number of phenolic OH excluding ortho intramolecular Hbond substituents is 1. The number of hydrogen-bond acceptors (Lipinski definition) is 2. The van der Waals surface area contributed by atoms with E-state index < -0.39 is 0 Å². The van der Waals surface area contributed by atoms with Crippen LogP contribution in [0.4, 0.5) is 0 Å². The maximum Gasteiger partial charge on any atom is 0.257 e. The van der Waals surface area contributed by atoms with Crippen molar-refractivity contribution in [2.45, 2.75) is 39.2 Å². The van der Waals surface area contributed by atoms with Gasteiger partial charge in [-0.1, -0.05) is 19.1 Å². The minimum atomic E-state index is -0.0319. The third kappa shape index (κ3) is 2.14. The van der Waals surface area contributed by atoms with Crippen molar-refractivity contribution in [3.8, 4) is 5.75 Å². The van der Waals surface area contributed by atoms with Crippen molar-refractivity contribution >= 4 is 5.91 Å². The fourth-order valence-corrected chi connectivity index (χ4v) is 2.51. The fourth-order valence-electron chi connectivity index (χ4n) is 2.51. The zero-order chi connectivity index (χ0) is 12.4. The summed E-state index contributed by atoms with van der Waals surface area (Å²) < 4.78 is 0. The van der Waals surface area contributed by atoms with Crippen LogP contribution in [0.2, 0.25) is 0 Å². The third-order valence-electron chi connectivity index (χ3n) is 3.58. The standard InChI is InChI=1S/C14H19NO2/c1-3-11-7-5-9-15(11)14(17)12-8-4-6-10(2)13(12)16/h4,6,8,11,16H,3,5,7,9H2,1-2H3. The van der Waals surface area contributed by atoms with Gasteiger partial charge in [0.2, 0.25) is 0 Å². The summed E-state index contributed by atoms with van der Waals surface area (Å²) in [7, 11) is 0. The molecule has 0 aliphatic carbocycles. The lowest BCUT2D eigenvalue weighted by Crippen LogP contribution is -2.35. The number of para-hydroxylation sites is 1. The lowest BCUT2D eigenvalue weighted by atomic mass is 10.1. The van der Waals surface area contributed by atoms with Crippen LogP contribution in [0, 0.1) is 6.92 Å².